The zero-order valence-electron chi connectivity index (χ0n) is 12.9. The molecule has 0 aromatic heterocycles. The molecule has 20 heavy (non-hydrogen) atoms. The molecule has 0 aromatic rings. The van der Waals surface area contributed by atoms with Gasteiger partial charge in [-0.05, 0) is 39.0 Å². The predicted octanol–water partition coefficient (Wildman–Crippen LogP) is 2.32. The molecule has 1 aliphatic rings. The second kappa shape index (κ2) is 7.62. The van der Waals surface area contributed by atoms with Crippen LogP contribution in [0.15, 0.2) is 0 Å². The van der Waals surface area contributed by atoms with Gasteiger partial charge < -0.3 is 14.2 Å². The molecular weight excluding hydrogens is 260 g/mol. The SMILES string of the molecule is COC(=O)C(CCOC(C)C)(C(=O)OC)C1CCCC1. The van der Waals surface area contributed by atoms with Crippen LogP contribution in [-0.4, -0.2) is 38.9 Å². The average Bonchev–Trinajstić information content (AvgIpc) is 2.96. The van der Waals surface area contributed by atoms with Crippen LogP contribution in [0.1, 0.15) is 46.0 Å². The largest absolute Gasteiger partial charge is 0.468 e. The van der Waals surface area contributed by atoms with Crippen LogP contribution in [0.2, 0.25) is 0 Å². The van der Waals surface area contributed by atoms with Gasteiger partial charge in [-0.2, -0.15) is 0 Å². The molecule has 0 amide bonds. The first kappa shape index (κ1) is 17.0. The maximum Gasteiger partial charge on any atom is 0.323 e. The van der Waals surface area contributed by atoms with Crippen molar-refractivity contribution in [2.24, 2.45) is 11.3 Å². The number of ether oxygens (including phenoxy) is 3. The van der Waals surface area contributed by atoms with E-state index in [9.17, 15) is 9.59 Å². The van der Waals surface area contributed by atoms with Crippen molar-refractivity contribution in [3.8, 4) is 0 Å². The summed E-state index contributed by atoms with van der Waals surface area (Å²) in [5, 5.41) is 0. The Morgan fingerprint density at radius 2 is 1.60 bits per heavy atom. The number of rotatable bonds is 7. The van der Waals surface area contributed by atoms with Crippen LogP contribution in [0.4, 0.5) is 0 Å². The second-order valence-electron chi connectivity index (χ2n) is 5.61. The number of esters is 2. The zero-order valence-corrected chi connectivity index (χ0v) is 12.9. The number of hydrogen-bond acceptors (Lipinski definition) is 5. The Bertz CT molecular complexity index is 315. The van der Waals surface area contributed by atoms with Crippen LogP contribution in [0.25, 0.3) is 0 Å². The maximum absolute atomic E-state index is 12.3. The summed E-state index contributed by atoms with van der Waals surface area (Å²) in [6, 6.07) is 0. The van der Waals surface area contributed by atoms with Crippen LogP contribution in [0.5, 0.6) is 0 Å². The molecule has 1 saturated carbocycles. The van der Waals surface area contributed by atoms with E-state index in [0.29, 0.717) is 13.0 Å². The van der Waals surface area contributed by atoms with E-state index in [4.69, 9.17) is 14.2 Å². The lowest BCUT2D eigenvalue weighted by Gasteiger charge is -2.33. The van der Waals surface area contributed by atoms with Crippen LogP contribution in [-0.2, 0) is 23.8 Å². The molecule has 1 fully saturated rings. The van der Waals surface area contributed by atoms with E-state index in [2.05, 4.69) is 0 Å². The van der Waals surface area contributed by atoms with Crippen LogP contribution >= 0.6 is 0 Å². The summed E-state index contributed by atoms with van der Waals surface area (Å²) in [5.41, 5.74) is -1.21. The van der Waals surface area contributed by atoms with Gasteiger partial charge in [0.2, 0.25) is 0 Å². The third-order valence-corrected chi connectivity index (χ3v) is 4.10. The molecule has 0 atom stereocenters. The van der Waals surface area contributed by atoms with Gasteiger partial charge in [0.15, 0.2) is 5.41 Å². The Morgan fingerprint density at radius 1 is 1.10 bits per heavy atom. The van der Waals surface area contributed by atoms with E-state index in [1.807, 2.05) is 13.8 Å². The Labute approximate surface area is 121 Å². The summed E-state index contributed by atoms with van der Waals surface area (Å²) in [4.78, 5) is 24.6. The van der Waals surface area contributed by atoms with Gasteiger partial charge in [0.1, 0.15) is 0 Å². The van der Waals surface area contributed by atoms with Crippen molar-refractivity contribution >= 4 is 11.9 Å². The molecule has 1 rings (SSSR count). The first-order chi connectivity index (χ1) is 9.48. The number of carbonyl (C=O) groups excluding carboxylic acids is 2. The van der Waals surface area contributed by atoms with E-state index < -0.39 is 17.4 Å². The highest BCUT2D eigenvalue weighted by molar-refractivity contribution is 6.00. The van der Waals surface area contributed by atoms with Gasteiger partial charge in [-0.15, -0.1) is 0 Å². The molecule has 0 aliphatic heterocycles. The van der Waals surface area contributed by atoms with Gasteiger partial charge in [0, 0.05) is 6.61 Å². The molecule has 1 aliphatic carbocycles. The van der Waals surface area contributed by atoms with E-state index in [-0.39, 0.29) is 12.0 Å². The molecule has 0 heterocycles. The topological polar surface area (TPSA) is 61.8 Å². The first-order valence-electron chi connectivity index (χ1n) is 7.27. The molecule has 5 nitrogen and oxygen atoms in total. The summed E-state index contributed by atoms with van der Waals surface area (Å²) in [6.07, 6.45) is 4.15. The van der Waals surface area contributed by atoms with Crippen molar-refractivity contribution in [3.05, 3.63) is 0 Å². The highest BCUT2D eigenvalue weighted by Gasteiger charge is 2.54. The van der Waals surface area contributed by atoms with Gasteiger partial charge >= 0.3 is 11.9 Å². The molecule has 0 spiro atoms. The fourth-order valence-electron chi connectivity index (χ4n) is 3.06. The van der Waals surface area contributed by atoms with E-state index >= 15 is 0 Å². The van der Waals surface area contributed by atoms with Crippen molar-refractivity contribution < 1.29 is 23.8 Å². The van der Waals surface area contributed by atoms with Gasteiger partial charge in [0.25, 0.3) is 0 Å². The zero-order chi connectivity index (χ0) is 15.2. The van der Waals surface area contributed by atoms with E-state index in [1.165, 1.54) is 14.2 Å². The summed E-state index contributed by atoms with van der Waals surface area (Å²) < 4.78 is 15.4. The second-order valence-corrected chi connectivity index (χ2v) is 5.61. The molecule has 0 aromatic carbocycles. The van der Waals surface area contributed by atoms with Crippen LogP contribution in [0.3, 0.4) is 0 Å². The van der Waals surface area contributed by atoms with Crippen LogP contribution in [0, 0.1) is 11.3 Å². The van der Waals surface area contributed by atoms with Crippen molar-refractivity contribution in [1.29, 1.82) is 0 Å². The summed E-state index contributed by atoms with van der Waals surface area (Å²) in [6.45, 7) is 4.19. The smallest absolute Gasteiger partial charge is 0.323 e. The number of methoxy groups -OCH3 is 2. The quantitative estimate of drug-likeness (QED) is 0.531. The summed E-state index contributed by atoms with van der Waals surface area (Å²) >= 11 is 0. The monoisotopic (exact) mass is 286 g/mol. The Morgan fingerprint density at radius 3 is 2.00 bits per heavy atom. The predicted molar refractivity (Wildman–Crippen MR) is 74.1 cm³/mol. The van der Waals surface area contributed by atoms with Gasteiger partial charge in [-0.3, -0.25) is 9.59 Å². The molecule has 0 unspecified atom stereocenters. The molecule has 5 heteroatoms. The Hall–Kier alpha value is -1.10. The average molecular weight is 286 g/mol. The lowest BCUT2D eigenvalue weighted by atomic mass is 9.71. The van der Waals surface area contributed by atoms with Gasteiger partial charge in [0.05, 0.1) is 20.3 Å². The minimum absolute atomic E-state index is 0.0156. The maximum atomic E-state index is 12.3. The normalized spacial score (nSPS) is 16.4. The minimum atomic E-state index is -1.21. The van der Waals surface area contributed by atoms with Gasteiger partial charge in [-0.1, -0.05) is 12.8 Å². The molecular formula is C15H26O5. The number of carbonyl (C=O) groups is 2. The first-order valence-corrected chi connectivity index (χ1v) is 7.27. The third-order valence-electron chi connectivity index (χ3n) is 4.10. The van der Waals surface area contributed by atoms with Crippen molar-refractivity contribution in [1.82, 2.24) is 0 Å². The van der Waals surface area contributed by atoms with E-state index in [0.717, 1.165) is 25.7 Å². The summed E-state index contributed by atoms with van der Waals surface area (Å²) in [7, 11) is 2.64. The Kier molecular flexibility index (Phi) is 6.46. The number of hydrogen-bond donors (Lipinski definition) is 0. The molecule has 0 radical (unpaired) electrons. The fraction of sp³-hybridized carbons (Fsp3) is 0.867. The van der Waals surface area contributed by atoms with Crippen LogP contribution < -0.4 is 0 Å². The standard InChI is InChI=1S/C15H26O5/c1-11(2)20-10-9-15(13(16)18-3,14(17)19-4)12-7-5-6-8-12/h11-12H,5-10H2,1-4H3. The fourth-order valence-corrected chi connectivity index (χ4v) is 3.06. The molecule has 0 N–H and O–H groups in total. The minimum Gasteiger partial charge on any atom is -0.468 e. The lowest BCUT2D eigenvalue weighted by Crippen LogP contribution is -2.47. The summed E-state index contributed by atoms with van der Waals surface area (Å²) in [5.74, 6) is -1.01. The molecule has 116 valence electrons. The van der Waals surface area contributed by atoms with Crippen molar-refractivity contribution in [3.63, 3.8) is 0 Å². The van der Waals surface area contributed by atoms with E-state index in [1.54, 1.807) is 0 Å². The van der Waals surface area contributed by atoms with Crippen molar-refractivity contribution in [2.45, 2.75) is 52.1 Å². The van der Waals surface area contributed by atoms with Gasteiger partial charge in [-0.25, -0.2) is 0 Å². The molecule has 0 saturated heterocycles. The highest BCUT2D eigenvalue weighted by atomic mass is 16.5. The highest BCUT2D eigenvalue weighted by Crippen LogP contribution is 2.44. The Balaban J connectivity index is 2.98. The third kappa shape index (κ3) is 3.51. The molecule has 0 bridgehead atoms. The lowest BCUT2D eigenvalue weighted by molar-refractivity contribution is -0.176. The van der Waals surface area contributed by atoms with Crippen molar-refractivity contribution in [2.75, 3.05) is 20.8 Å².